The monoisotopic (exact) mass is 532 g/mol. The van der Waals surface area contributed by atoms with Crippen molar-refractivity contribution in [3.05, 3.63) is 115 Å². The number of fused-ring (bicyclic) bond motifs is 1. The van der Waals surface area contributed by atoms with Crippen molar-refractivity contribution in [3.8, 4) is 28.0 Å². The summed E-state index contributed by atoms with van der Waals surface area (Å²) in [5.41, 5.74) is 1.10. The number of hydrogen-bond donors (Lipinski definition) is 0. The van der Waals surface area contributed by atoms with E-state index >= 15 is 0 Å². The largest absolute Gasteiger partial charge is 0.534 e. The van der Waals surface area contributed by atoms with Gasteiger partial charge in [0.15, 0.2) is 0 Å². The molecule has 0 amide bonds. The van der Waals surface area contributed by atoms with Crippen molar-refractivity contribution in [2.45, 2.75) is 5.51 Å². The van der Waals surface area contributed by atoms with Crippen LogP contribution in [0.15, 0.2) is 93.0 Å². The highest BCUT2D eigenvalue weighted by Gasteiger charge is 2.48. The van der Waals surface area contributed by atoms with Crippen molar-refractivity contribution in [1.82, 2.24) is 0 Å². The molecule has 0 N–H and O–H groups in total. The molecule has 0 bridgehead atoms. The number of halogens is 3. The minimum atomic E-state index is -5.78. The number of benzene rings is 4. The van der Waals surface area contributed by atoms with Crippen LogP contribution in [0.2, 0.25) is 0 Å². The molecule has 3 nitrogen and oxygen atoms in total. The van der Waals surface area contributed by atoms with Crippen LogP contribution in [-0.2, 0) is 10.1 Å². The number of hydrogen-bond acceptors (Lipinski definition) is 3. The van der Waals surface area contributed by atoms with Gasteiger partial charge in [-0.2, -0.15) is 21.6 Å². The molecule has 0 aliphatic carbocycles. The Labute approximate surface area is 219 Å². The molecule has 0 unspecified atom stereocenters. The van der Waals surface area contributed by atoms with Crippen molar-refractivity contribution in [2.24, 2.45) is 0 Å². The third-order valence-corrected chi connectivity index (χ3v) is 7.15. The van der Waals surface area contributed by atoms with E-state index in [2.05, 4.69) is 30.5 Å². The minimum absolute atomic E-state index is 0.451. The normalized spacial score (nSPS) is 11.7. The molecule has 38 heavy (non-hydrogen) atoms. The smallest absolute Gasteiger partial charge is 0.376 e. The summed E-state index contributed by atoms with van der Waals surface area (Å²) in [5, 5.41) is 1.77. The lowest BCUT2D eigenvalue weighted by molar-refractivity contribution is -0.0500. The van der Waals surface area contributed by atoms with Crippen LogP contribution < -0.4 is 4.18 Å². The summed E-state index contributed by atoms with van der Waals surface area (Å²) < 4.78 is 65.4. The molecule has 4 rings (SSSR count). The third kappa shape index (κ3) is 4.57. The fourth-order valence-electron chi connectivity index (χ4n) is 4.56. The van der Waals surface area contributed by atoms with E-state index in [0.29, 0.717) is 5.56 Å². The van der Waals surface area contributed by atoms with Crippen LogP contribution >= 0.6 is 0 Å². The predicted octanol–water partition coefficient (Wildman–Crippen LogP) is 8.97. The third-order valence-electron chi connectivity index (χ3n) is 6.17. The lowest BCUT2D eigenvalue weighted by atomic mass is 9.82. The van der Waals surface area contributed by atoms with Crippen LogP contribution in [0, 0.1) is 0 Å². The highest BCUT2D eigenvalue weighted by atomic mass is 32.2. The molecule has 0 spiro atoms. The number of rotatable bonds is 8. The van der Waals surface area contributed by atoms with Crippen molar-refractivity contribution in [1.29, 1.82) is 0 Å². The van der Waals surface area contributed by atoms with Crippen LogP contribution in [-0.4, -0.2) is 13.9 Å². The Hall–Kier alpha value is -4.36. The van der Waals surface area contributed by atoms with Gasteiger partial charge in [0.2, 0.25) is 0 Å². The van der Waals surface area contributed by atoms with Crippen LogP contribution in [0.1, 0.15) is 22.3 Å². The van der Waals surface area contributed by atoms with Gasteiger partial charge in [0.25, 0.3) is 0 Å². The fourth-order valence-corrected chi connectivity index (χ4v) is 5.02. The molecular weight excluding hydrogens is 509 g/mol. The first kappa shape index (κ1) is 26.7. The molecule has 0 aliphatic rings. The quantitative estimate of drug-likeness (QED) is 0.168. The topological polar surface area (TPSA) is 43.4 Å². The Kier molecular flexibility index (Phi) is 7.16. The average molecular weight is 533 g/mol. The van der Waals surface area contributed by atoms with Gasteiger partial charge < -0.3 is 4.18 Å². The lowest BCUT2D eigenvalue weighted by Gasteiger charge is -2.22. The van der Waals surface area contributed by atoms with Gasteiger partial charge in [0.05, 0.1) is 0 Å². The van der Waals surface area contributed by atoms with Gasteiger partial charge in [-0.25, -0.2) is 0 Å². The highest BCUT2D eigenvalue weighted by molar-refractivity contribution is 7.88. The molecule has 0 atom stereocenters. The summed E-state index contributed by atoms with van der Waals surface area (Å²) >= 11 is 0. The maximum Gasteiger partial charge on any atom is 0.534 e. The van der Waals surface area contributed by atoms with Gasteiger partial charge in [0, 0.05) is 0 Å². The molecule has 7 heteroatoms. The van der Waals surface area contributed by atoms with Gasteiger partial charge in [-0.05, 0) is 67.4 Å². The van der Waals surface area contributed by atoms with Crippen molar-refractivity contribution in [3.63, 3.8) is 0 Å². The molecule has 0 saturated heterocycles. The molecule has 0 fully saturated rings. The molecule has 0 aromatic heterocycles. The minimum Gasteiger partial charge on any atom is -0.376 e. The standard InChI is InChI=1S/C31H23F3O3S/c1-5-20-12-11-15-26(23(20)6-2)30-25(8-4)24(7-3)29(27-13-9-10-14-28(27)30)21-16-18-22(19-17-21)37-38(35,36)31(32,33)34/h5-19H,1-4H2. The van der Waals surface area contributed by atoms with E-state index in [1.807, 2.05) is 42.5 Å². The second kappa shape index (κ2) is 10.2. The Balaban J connectivity index is 2.01. The fraction of sp³-hybridized carbons (Fsp3) is 0.0323. The van der Waals surface area contributed by atoms with Crippen molar-refractivity contribution in [2.75, 3.05) is 0 Å². The van der Waals surface area contributed by atoms with E-state index < -0.39 is 21.4 Å². The van der Waals surface area contributed by atoms with Gasteiger partial charge in [-0.3, -0.25) is 0 Å². The van der Waals surface area contributed by atoms with Gasteiger partial charge in [-0.1, -0.05) is 105 Å². The highest BCUT2D eigenvalue weighted by Crippen LogP contribution is 2.45. The molecule has 0 heterocycles. The maximum absolute atomic E-state index is 12.8. The second-order valence-electron chi connectivity index (χ2n) is 8.26. The van der Waals surface area contributed by atoms with Crippen LogP contribution in [0.4, 0.5) is 13.2 Å². The van der Waals surface area contributed by atoms with E-state index in [4.69, 9.17) is 0 Å². The first-order valence-corrected chi connectivity index (χ1v) is 12.8. The van der Waals surface area contributed by atoms with Crippen LogP contribution in [0.5, 0.6) is 5.75 Å². The van der Waals surface area contributed by atoms with Crippen LogP contribution in [0.3, 0.4) is 0 Å². The van der Waals surface area contributed by atoms with Gasteiger partial charge in [-0.15, -0.1) is 0 Å². The Bertz CT molecular complexity index is 1700. The molecule has 0 radical (unpaired) electrons. The van der Waals surface area contributed by atoms with E-state index in [9.17, 15) is 21.6 Å². The van der Waals surface area contributed by atoms with E-state index in [1.54, 1.807) is 24.3 Å². The average Bonchev–Trinajstić information content (AvgIpc) is 2.90. The SMILES string of the molecule is C=Cc1cccc(-c2c(C=C)c(C=C)c(-c3ccc(OS(=O)(=O)C(F)(F)F)cc3)c3ccccc23)c1C=C. The van der Waals surface area contributed by atoms with Gasteiger partial charge in [0.1, 0.15) is 5.75 Å². The van der Waals surface area contributed by atoms with E-state index in [1.165, 1.54) is 24.3 Å². The van der Waals surface area contributed by atoms with Crippen molar-refractivity contribution < 1.29 is 25.8 Å². The Morgan fingerprint density at radius 2 is 1.21 bits per heavy atom. The molecule has 192 valence electrons. The summed E-state index contributed by atoms with van der Waals surface area (Å²) in [6.45, 7) is 16.0. The number of alkyl halides is 3. The molecule has 4 aromatic carbocycles. The molecule has 0 aliphatic heterocycles. The predicted molar refractivity (Wildman–Crippen MR) is 151 cm³/mol. The zero-order valence-corrected chi connectivity index (χ0v) is 21.1. The maximum atomic E-state index is 12.8. The molecule has 4 aromatic rings. The summed E-state index contributed by atoms with van der Waals surface area (Å²) in [5.74, 6) is -0.451. The zero-order chi connectivity index (χ0) is 27.7. The first-order valence-electron chi connectivity index (χ1n) is 11.4. The lowest BCUT2D eigenvalue weighted by Crippen LogP contribution is -2.28. The second-order valence-corrected chi connectivity index (χ2v) is 9.79. The first-order chi connectivity index (χ1) is 18.1. The Morgan fingerprint density at radius 3 is 1.74 bits per heavy atom. The summed E-state index contributed by atoms with van der Waals surface area (Å²) in [6, 6.07) is 19.0. The Morgan fingerprint density at radius 1 is 0.658 bits per heavy atom. The van der Waals surface area contributed by atoms with Gasteiger partial charge >= 0.3 is 15.6 Å². The van der Waals surface area contributed by atoms with Crippen molar-refractivity contribution >= 4 is 45.2 Å². The summed E-state index contributed by atoms with van der Waals surface area (Å²) in [6.07, 6.45) is 6.99. The van der Waals surface area contributed by atoms with E-state index in [0.717, 1.165) is 49.7 Å². The van der Waals surface area contributed by atoms with Crippen LogP contribution in [0.25, 0.3) is 57.3 Å². The summed E-state index contributed by atoms with van der Waals surface area (Å²) in [4.78, 5) is 0. The molecule has 0 saturated carbocycles. The molecular formula is C31H23F3O3S. The van der Waals surface area contributed by atoms with E-state index in [-0.39, 0.29) is 0 Å². The zero-order valence-electron chi connectivity index (χ0n) is 20.3. The summed E-state index contributed by atoms with van der Waals surface area (Å²) in [7, 11) is -5.78.